The molecule has 3 aliphatic carbocycles. The molecule has 0 aromatic carbocycles. The molecule has 0 radical (unpaired) electrons. The zero-order chi connectivity index (χ0) is 21.6. The lowest BCUT2D eigenvalue weighted by atomic mass is 9.63. The molecule has 0 aromatic rings. The van der Waals surface area contributed by atoms with E-state index in [2.05, 4.69) is 32.9 Å². The van der Waals surface area contributed by atoms with Crippen molar-refractivity contribution in [1.82, 2.24) is 0 Å². The van der Waals surface area contributed by atoms with Crippen LogP contribution in [0.3, 0.4) is 0 Å². The highest BCUT2D eigenvalue weighted by molar-refractivity contribution is 5.97. The minimum Gasteiger partial charge on any atom is -0.392 e. The lowest BCUT2D eigenvalue weighted by molar-refractivity contribution is -0.117. The predicted molar refractivity (Wildman–Crippen MR) is 115 cm³/mol. The highest BCUT2D eigenvalue weighted by atomic mass is 16.3. The largest absolute Gasteiger partial charge is 0.392 e. The van der Waals surface area contributed by atoms with Gasteiger partial charge in [0.15, 0.2) is 5.78 Å². The second kappa shape index (κ2) is 8.13. The van der Waals surface area contributed by atoms with Crippen LogP contribution in [0.4, 0.5) is 0 Å². The molecule has 162 valence electrons. The van der Waals surface area contributed by atoms with E-state index in [4.69, 9.17) is 0 Å². The lowest BCUT2D eigenvalue weighted by Gasteiger charge is -2.41. The fourth-order valence-electron chi connectivity index (χ4n) is 6.07. The standard InChI is InChI=1S/C25H38O4/c1-15(6-9-22(28)24(3,4)29)18-10-11-25(5)13-19-16(2)12-21(27)23(19)17(14-26)7-8-20(18)25/h6-7,9,12,15,18-20,22-23,26,28-29H,8,10-11,13-14H2,1-5H3. The first-order chi connectivity index (χ1) is 13.5. The normalized spacial score (nSPS) is 37.4. The molecule has 0 amide bonds. The van der Waals surface area contributed by atoms with E-state index in [9.17, 15) is 20.1 Å². The van der Waals surface area contributed by atoms with Gasteiger partial charge in [-0.15, -0.1) is 0 Å². The Morgan fingerprint density at radius 1 is 1.34 bits per heavy atom. The molecule has 3 aliphatic rings. The van der Waals surface area contributed by atoms with Crippen LogP contribution >= 0.6 is 0 Å². The third kappa shape index (κ3) is 4.30. The van der Waals surface area contributed by atoms with Crippen LogP contribution in [0.1, 0.15) is 60.3 Å². The summed E-state index contributed by atoms with van der Waals surface area (Å²) in [4.78, 5) is 12.6. The number of fused-ring (bicyclic) bond motifs is 2. The monoisotopic (exact) mass is 402 g/mol. The Morgan fingerprint density at radius 3 is 2.66 bits per heavy atom. The van der Waals surface area contributed by atoms with Gasteiger partial charge in [-0.05, 0) is 87.2 Å². The van der Waals surface area contributed by atoms with Crippen molar-refractivity contribution in [2.75, 3.05) is 6.61 Å². The van der Waals surface area contributed by atoms with Gasteiger partial charge in [-0.1, -0.05) is 37.6 Å². The van der Waals surface area contributed by atoms with Crippen molar-refractivity contribution >= 4 is 5.78 Å². The summed E-state index contributed by atoms with van der Waals surface area (Å²) >= 11 is 0. The number of aliphatic hydroxyl groups excluding tert-OH is 2. The number of rotatable bonds is 5. The number of hydrogen-bond acceptors (Lipinski definition) is 4. The Bertz CT molecular complexity index is 726. The minimum absolute atomic E-state index is 0.0463. The summed E-state index contributed by atoms with van der Waals surface area (Å²) in [5, 5.41) is 30.1. The smallest absolute Gasteiger partial charge is 0.163 e. The highest BCUT2D eigenvalue weighted by Gasteiger charge is 2.50. The molecule has 1 saturated carbocycles. The van der Waals surface area contributed by atoms with E-state index in [0.717, 1.165) is 36.8 Å². The minimum atomic E-state index is -1.15. The molecule has 0 aromatic heterocycles. The summed E-state index contributed by atoms with van der Waals surface area (Å²) in [5.41, 5.74) is 1.07. The zero-order valence-corrected chi connectivity index (χ0v) is 18.6. The van der Waals surface area contributed by atoms with E-state index in [1.54, 1.807) is 26.0 Å². The number of ketones is 1. The molecule has 0 heterocycles. The first kappa shape index (κ1) is 22.5. The number of hydrogen-bond donors (Lipinski definition) is 3. The van der Waals surface area contributed by atoms with Crippen LogP contribution in [0.25, 0.3) is 0 Å². The van der Waals surface area contributed by atoms with Gasteiger partial charge in [0, 0.05) is 0 Å². The summed E-state index contributed by atoms with van der Waals surface area (Å²) in [7, 11) is 0. The van der Waals surface area contributed by atoms with Crippen molar-refractivity contribution < 1.29 is 20.1 Å². The molecular formula is C25H38O4. The van der Waals surface area contributed by atoms with Crippen LogP contribution in [0.5, 0.6) is 0 Å². The van der Waals surface area contributed by atoms with Crippen molar-refractivity contribution in [3.63, 3.8) is 0 Å². The topological polar surface area (TPSA) is 77.8 Å². The van der Waals surface area contributed by atoms with Gasteiger partial charge in [-0.25, -0.2) is 0 Å². The van der Waals surface area contributed by atoms with Gasteiger partial charge >= 0.3 is 0 Å². The molecule has 7 atom stereocenters. The molecule has 0 bridgehead atoms. The molecule has 0 saturated heterocycles. The van der Waals surface area contributed by atoms with Gasteiger partial charge in [-0.3, -0.25) is 4.79 Å². The van der Waals surface area contributed by atoms with Gasteiger partial charge in [0.25, 0.3) is 0 Å². The van der Waals surface area contributed by atoms with Crippen molar-refractivity contribution in [1.29, 1.82) is 0 Å². The Kier molecular flexibility index (Phi) is 6.29. The number of carbonyl (C=O) groups excluding carboxylic acids is 1. The fraction of sp³-hybridized carbons (Fsp3) is 0.720. The summed E-state index contributed by atoms with van der Waals surface area (Å²) in [6.45, 7) is 9.83. The summed E-state index contributed by atoms with van der Waals surface area (Å²) in [6, 6.07) is 0. The molecule has 0 aliphatic heterocycles. The number of carbonyl (C=O) groups is 1. The number of aliphatic hydroxyl groups is 3. The second-order valence-corrected chi connectivity index (χ2v) is 10.6. The lowest BCUT2D eigenvalue weighted by Crippen LogP contribution is -2.35. The average Bonchev–Trinajstić information content (AvgIpc) is 3.08. The maximum Gasteiger partial charge on any atom is 0.163 e. The maximum absolute atomic E-state index is 12.6. The Labute approximate surface area is 175 Å². The molecule has 0 spiro atoms. The van der Waals surface area contributed by atoms with Gasteiger partial charge in [-0.2, -0.15) is 0 Å². The van der Waals surface area contributed by atoms with E-state index in [1.165, 1.54) is 0 Å². The third-order valence-electron chi connectivity index (χ3n) is 8.02. The van der Waals surface area contributed by atoms with Gasteiger partial charge in [0.2, 0.25) is 0 Å². The first-order valence-corrected chi connectivity index (χ1v) is 11.1. The van der Waals surface area contributed by atoms with E-state index < -0.39 is 11.7 Å². The molecule has 3 N–H and O–H groups in total. The van der Waals surface area contributed by atoms with Gasteiger partial charge < -0.3 is 15.3 Å². The summed E-state index contributed by atoms with van der Waals surface area (Å²) < 4.78 is 0. The molecule has 7 unspecified atom stereocenters. The maximum atomic E-state index is 12.6. The second-order valence-electron chi connectivity index (χ2n) is 10.6. The van der Waals surface area contributed by atoms with Gasteiger partial charge in [0.05, 0.1) is 18.1 Å². The Balaban J connectivity index is 1.85. The Morgan fingerprint density at radius 2 is 2.03 bits per heavy atom. The third-order valence-corrected chi connectivity index (χ3v) is 8.02. The highest BCUT2D eigenvalue weighted by Crippen LogP contribution is 2.58. The zero-order valence-electron chi connectivity index (χ0n) is 18.6. The predicted octanol–water partition coefficient (Wildman–Crippen LogP) is 3.82. The van der Waals surface area contributed by atoms with Crippen molar-refractivity contribution in [2.45, 2.75) is 72.0 Å². The van der Waals surface area contributed by atoms with Crippen LogP contribution in [0.15, 0.2) is 35.5 Å². The van der Waals surface area contributed by atoms with E-state index in [1.807, 2.05) is 0 Å². The van der Waals surface area contributed by atoms with E-state index >= 15 is 0 Å². The average molecular weight is 403 g/mol. The van der Waals surface area contributed by atoms with Crippen molar-refractivity contribution in [3.05, 3.63) is 35.5 Å². The van der Waals surface area contributed by atoms with Crippen molar-refractivity contribution in [2.24, 2.45) is 35.0 Å². The molecular weight excluding hydrogens is 364 g/mol. The van der Waals surface area contributed by atoms with Gasteiger partial charge in [0.1, 0.15) is 6.10 Å². The van der Waals surface area contributed by atoms with Crippen LogP contribution in [0.2, 0.25) is 0 Å². The van der Waals surface area contributed by atoms with Crippen LogP contribution in [-0.4, -0.2) is 39.4 Å². The first-order valence-electron chi connectivity index (χ1n) is 11.1. The summed E-state index contributed by atoms with van der Waals surface area (Å²) in [5.74, 6) is 1.45. The SMILES string of the molecule is CC1=CC(=O)C2C(CO)=CCC3C(C(C)C=CC(O)C(C)(C)O)CCC3(C)CC12. The fourth-order valence-corrected chi connectivity index (χ4v) is 6.07. The summed E-state index contributed by atoms with van der Waals surface area (Å²) in [6.07, 6.45) is 11.0. The Hall–Kier alpha value is -1.23. The van der Waals surface area contributed by atoms with E-state index in [-0.39, 0.29) is 29.6 Å². The van der Waals surface area contributed by atoms with Crippen LogP contribution in [-0.2, 0) is 4.79 Å². The molecule has 29 heavy (non-hydrogen) atoms. The van der Waals surface area contributed by atoms with Crippen LogP contribution < -0.4 is 0 Å². The molecule has 3 rings (SSSR count). The number of allylic oxidation sites excluding steroid dienone is 4. The molecule has 4 heteroatoms. The van der Waals surface area contributed by atoms with Crippen LogP contribution in [0, 0.1) is 35.0 Å². The van der Waals surface area contributed by atoms with Crippen molar-refractivity contribution in [3.8, 4) is 0 Å². The van der Waals surface area contributed by atoms with E-state index in [0.29, 0.717) is 17.8 Å². The molecule has 1 fully saturated rings. The quantitative estimate of drug-likeness (QED) is 0.611. The molecule has 4 nitrogen and oxygen atoms in total.